The Hall–Kier alpha value is -1.18. The van der Waals surface area contributed by atoms with E-state index in [9.17, 15) is 8.42 Å². The fourth-order valence-electron chi connectivity index (χ4n) is 2.36. The van der Waals surface area contributed by atoms with Gasteiger partial charge in [-0.15, -0.1) is 0 Å². The Kier molecular flexibility index (Phi) is 4.38. The van der Waals surface area contributed by atoms with Gasteiger partial charge in [-0.05, 0) is 30.9 Å². The summed E-state index contributed by atoms with van der Waals surface area (Å²) in [5.74, 6) is 0.614. The Balaban J connectivity index is 2.24. The first-order chi connectivity index (χ1) is 9.09. The SMILES string of the molecule is CNc1ncccc1S(=O)(=O)N1CCC(CCO)C1. The molecule has 19 heavy (non-hydrogen) atoms. The van der Waals surface area contributed by atoms with Crippen molar-refractivity contribution < 1.29 is 13.5 Å². The Bertz CT molecular complexity index is 533. The molecule has 1 saturated heterocycles. The number of anilines is 1. The first-order valence-electron chi connectivity index (χ1n) is 6.33. The second-order valence-corrected chi connectivity index (χ2v) is 6.54. The fraction of sp³-hybridized carbons (Fsp3) is 0.583. The molecule has 2 rings (SSSR count). The molecule has 7 heteroatoms. The van der Waals surface area contributed by atoms with Crippen LogP contribution in [0.25, 0.3) is 0 Å². The van der Waals surface area contributed by atoms with Crippen LogP contribution in [0.15, 0.2) is 23.2 Å². The maximum Gasteiger partial charge on any atom is 0.246 e. The summed E-state index contributed by atoms with van der Waals surface area (Å²) in [5.41, 5.74) is 0. The Labute approximate surface area is 113 Å². The lowest BCUT2D eigenvalue weighted by Crippen LogP contribution is -2.29. The van der Waals surface area contributed by atoms with Crippen LogP contribution in [0.2, 0.25) is 0 Å². The highest BCUT2D eigenvalue weighted by Crippen LogP contribution is 2.28. The van der Waals surface area contributed by atoms with Gasteiger partial charge in [0.05, 0.1) is 0 Å². The molecule has 1 aliphatic rings. The average molecular weight is 285 g/mol. The molecule has 0 spiro atoms. The zero-order valence-corrected chi connectivity index (χ0v) is 11.7. The third-order valence-corrected chi connectivity index (χ3v) is 5.31. The molecule has 2 N–H and O–H groups in total. The van der Waals surface area contributed by atoms with Gasteiger partial charge in [-0.2, -0.15) is 4.31 Å². The largest absolute Gasteiger partial charge is 0.396 e. The van der Waals surface area contributed by atoms with Crippen molar-refractivity contribution >= 4 is 15.8 Å². The fourth-order valence-corrected chi connectivity index (χ4v) is 4.04. The number of aliphatic hydroxyl groups excluding tert-OH is 1. The minimum Gasteiger partial charge on any atom is -0.396 e. The van der Waals surface area contributed by atoms with Crippen LogP contribution in [-0.4, -0.2) is 49.6 Å². The van der Waals surface area contributed by atoms with E-state index < -0.39 is 10.0 Å². The van der Waals surface area contributed by atoms with Crippen LogP contribution in [0.3, 0.4) is 0 Å². The van der Waals surface area contributed by atoms with Crippen molar-refractivity contribution in [3.8, 4) is 0 Å². The molecular formula is C12H19N3O3S. The minimum atomic E-state index is -3.51. The van der Waals surface area contributed by atoms with Crippen molar-refractivity contribution in [3.63, 3.8) is 0 Å². The lowest BCUT2D eigenvalue weighted by Gasteiger charge is -2.18. The first kappa shape index (κ1) is 14.2. The number of rotatable bonds is 5. The number of nitrogens with one attached hydrogen (secondary N) is 1. The summed E-state index contributed by atoms with van der Waals surface area (Å²) in [6.07, 6.45) is 3.01. The first-order valence-corrected chi connectivity index (χ1v) is 7.77. The average Bonchev–Trinajstić information content (AvgIpc) is 2.88. The quantitative estimate of drug-likeness (QED) is 0.824. The lowest BCUT2D eigenvalue weighted by atomic mass is 10.1. The van der Waals surface area contributed by atoms with E-state index in [1.165, 1.54) is 4.31 Å². The zero-order chi connectivity index (χ0) is 13.9. The normalized spacial score (nSPS) is 20.6. The third-order valence-electron chi connectivity index (χ3n) is 3.41. The van der Waals surface area contributed by atoms with Gasteiger partial charge in [-0.3, -0.25) is 0 Å². The minimum absolute atomic E-state index is 0.104. The Morgan fingerprint density at radius 2 is 2.37 bits per heavy atom. The van der Waals surface area contributed by atoms with Crippen LogP contribution in [0.4, 0.5) is 5.82 Å². The van der Waals surface area contributed by atoms with Crippen LogP contribution in [0.1, 0.15) is 12.8 Å². The van der Waals surface area contributed by atoms with Crippen molar-refractivity contribution in [2.24, 2.45) is 5.92 Å². The smallest absolute Gasteiger partial charge is 0.246 e. The molecule has 1 aromatic rings. The number of nitrogens with zero attached hydrogens (tertiary/aromatic N) is 2. The predicted octanol–water partition coefficient (Wildman–Crippen LogP) is 0.516. The van der Waals surface area contributed by atoms with Crippen LogP contribution in [0, 0.1) is 5.92 Å². The number of sulfonamides is 1. The van der Waals surface area contributed by atoms with Crippen LogP contribution < -0.4 is 5.32 Å². The van der Waals surface area contributed by atoms with Gasteiger partial charge in [0.1, 0.15) is 10.7 Å². The summed E-state index contributed by atoms with van der Waals surface area (Å²) in [7, 11) is -1.85. The maximum atomic E-state index is 12.5. The molecule has 0 aliphatic carbocycles. The predicted molar refractivity (Wildman–Crippen MR) is 72.4 cm³/mol. The van der Waals surface area contributed by atoms with Gasteiger partial charge in [0.15, 0.2) is 0 Å². The summed E-state index contributed by atoms with van der Waals surface area (Å²) in [6, 6.07) is 3.18. The summed E-state index contributed by atoms with van der Waals surface area (Å²) < 4.78 is 26.6. The number of hydrogen-bond donors (Lipinski definition) is 2. The van der Waals surface area contributed by atoms with E-state index in [-0.39, 0.29) is 17.4 Å². The summed E-state index contributed by atoms with van der Waals surface area (Å²) >= 11 is 0. The van der Waals surface area contributed by atoms with Crippen LogP contribution in [-0.2, 0) is 10.0 Å². The van der Waals surface area contributed by atoms with Gasteiger partial charge in [0.25, 0.3) is 0 Å². The van der Waals surface area contributed by atoms with E-state index in [2.05, 4.69) is 10.3 Å². The van der Waals surface area contributed by atoms with Crippen molar-refractivity contribution in [1.29, 1.82) is 0 Å². The summed E-state index contributed by atoms with van der Waals surface area (Å²) in [5, 5.41) is 11.7. The van der Waals surface area contributed by atoms with Gasteiger partial charge in [-0.1, -0.05) is 0 Å². The third kappa shape index (κ3) is 2.88. The molecular weight excluding hydrogens is 266 g/mol. The van der Waals surface area contributed by atoms with Gasteiger partial charge < -0.3 is 10.4 Å². The molecule has 106 valence electrons. The van der Waals surface area contributed by atoms with Gasteiger partial charge in [0.2, 0.25) is 10.0 Å². The van der Waals surface area contributed by atoms with Gasteiger partial charge >= 0.3 is 0 Å². The van der Waals surface area contributed by atoms with Crippen molar-refractivity contribution in [3.05, 3.63) is 18.3 Å². The molecule has 0 aromatic carbocycles. The Morgan fingerprint density at radius 3 is 3.05 bits per heavy atom. The van der Waals surface area contributed by atoms with Crippen molar-refractivity contribution in [2.45, 2.75) is 17.7 Å². The highest BCUT2D eigenvalue weighted by atomic mass is 32.2. The molecule has 6 nitrogen and oxygen atoms in total. The molecule has 1 fully saturated rings. The van der Waals surface area contributed by atoms with E-state index in [4.69, 9.17) is 5.11 Å². The number of hydrogen-bond acceptors (Lipinski definition) is 5. The summed E-state index contributed by atoms with van der Waals surface area (Å²) in [4.78, 5) is 4.24. The van der Waals surface area contributed by atoms with Gasteiger partial charge in [-0.25, -0.2) is 13.4 Å². The van der Waals surface area contributed by atoms with Gasteiger partial charge in [0, 0.05) is 32.9 Å². The molecule has 0 saturated carbocycles. The zero-order valence-electron chi connectivity index (χ0n) is 10.9. The number of aromatic nitrogens is 1. The second-order valence-electron chi connectivity index (χ2n) is 4.63. The second kappa shape index (κ2) is 5.85. The van der Waals surface area contributed by atoms with E-state index >= 15 is 0 Å². The number of aliphatic hydroxyl groups is 1. The molecule has 2 heterocycles. The summed E-state index contributed by atoms with van der Waals surface area (Å²) in [6.45, 7) is 1.08. The molecule has 1 aliphatic heterocycles. The maximum absolute atomic E-state index is 12.5. The Morgan fingerprint density at radius 1 is 1.58 bits per heavy atom. The van der Waals surface area contributed by atoms with Crippen LogP contribution >= 0.6 is 0 Å². The molecule has 0 amide bonds. The van der Waals surface area contributed by atoms with Crippen molar-refractivity contribution in [1.82, 2.24) is 9.29 Å². The molecule has 0 radical (unpaired) electrons. The highest BCUT2D eigenvalue weighted by molar-refractivity contribution is 7.89. The standard InChI is InChI=1S/C12H19N3O3S/c1-13-12-11(3-2-6-14-12)19(17,18)15-7-4-10(9-15)5-8-16/h2-3,6,10,16H,4-5,7-9H2,1H3,(H,13,14). The molecule has 1 atom stereocenters. The van der Waals surface area contributed by atoms with E-state index in [0.29, 0.717) is 25.3 Å². The number of pyridine rings is 1. The molecule has 1 aromatic heterocycles. The molecule has 0 bridgehead atoms. The highest BCUT2D eigenvalue weighted by Gasteiger charge is 2.33. The van der Waals surface area contributed by atoms with Crippen molar-refractivity contribution in [2.75, 3.05) is 32.1 Å². The van der Waals surface area contributed by atoms with E-state index in [1.807, 2.05) is 0 Å². The monoisotopic (exact) mass is 285 g/mol. The van der Waals surface area contributed by atoms with E-state index in [0.717, 1.165) is 6.42 Å². The molecule has 1 unspecified atom stereocenters. The van der Waals surface area contributed by atoms with E-state index in [1.54, 1.807) is 25.4 Å². The lowest BCUT2D eigenvalue weighted by molar-refractivity contribution is 0.259. The van der Waals surface area contributed by atoms with Crippen LogP contribution in [0.5, 0.6) is 0 Å². The topological polar surface area (TPSA) is 82.5 Å².